The highest BCUT2D eigenvalue weighted by atomic mass is 16.5. The molecule has 2 rings (SSSR count). The molecule has 0 fully saturated rings. The fourth-order valence-corrected chi connectivity index (χ4v) is 1.62. The fourth-order valence-electron chi connectivity index (χ4n) is 1.62. The zero-order valence-electron chi connectivity index (χ0n) is 9.80. The molecule has 0 N–H and O–H groups in total. The first-order chi connectivity index (χ1) is 8.27. The summed E-state index contributed by atoms with van der Waals surface area (Å²) in [4.78, 5) is 11.7. The molecule has 1 aromatic heterocycles. The van der Waals surface area contributed by atoms with Crippen molar-refractivity contribution < 1.29 is 4.74 Å². The zero-order valence-corrected chi connectivity index (χ0v) is 9.80. The lowest BCUT2D eigenvalue weighted by molar-refractivity contribution is 0.106. The largest absolute Gasteiger partial charge is 0.372 e. The van der Waals surface area contributed by atoms with Crippen LogP contribution in [0.25, 0.3) is 0 Å². The van der Waals surface area contributed by atoms with Crippen LogP contribution >= 0.6 is 0 Å². The minimum atomic E-state index is 0.000520. The van der Waals surface area contributed by atoms with Crippen LogP contribution in [0.1, 0.15) is 11.1 Å². The van der Waals surface area contributed by atoms with E-state index in [9.17, 15) is 4.79 Å². The molecule has 0 aliphatic heterocycles. The van der Waals surface area contributed by atoms with Crippen molar-refractivity contribution in [3.63, 3.8) is 0 Å². The van der Waals surface area contributed by atoms with Crippen LogP contribution in [0.2, 0.25) is 0 Å². The maximum Gasteiger partial charge on any atom is 0.255 e. The molecule has 1 aromatic carbocycles. The van der Waals surface area contributed by atoms with E-state index >= 15 is 0 Å². The van der Waals surface area contributed by atoms with Crippen LogP contribution in [0.15, 0.2) is 53.5 Å². The van der Waals surface area contributed by atoms with E-state index in [1.165, 1.54) is 0 Å². The number of aryl methyl sites for hydroxylation is 1. The maximum absolute atomic E-state index is 11.7. The van der Waals surface area contributed by atoms with Crippen LogP contribution in [-0.4, -0.2) is 4.57 Å². The van der Waals surface area contributed by atoms with Gasteiger partial charge in [-0.2, -0.15) is 0 Å². The Labute approximate surface area is 100 Å². The van der Waals surface area contributed by atoms with Crippen LogP contribution in [0.5, 0.6) is 0 Å². The van der Waals surface area contributed by atoms with Crippen LogP contribution < -0.4 is 5.56 Å². The molecular formula is C14H15NO2. The van der Waals surface area contributed by atoms with Crippen molar-refractivity contribution in [3.8, 4) is 0 Å². The average Bonchev–Trinajstić information content (AvgIpc) is 2.36. The molecule has 0 unspecified atom stereocenters. The Bertz CT molecular complexity index is 531. The van der Waals surface area contributed by atoms with Gasteiger partial charge in [0.05, 0.1) is 13.2 Å². The third kappa shape index (κ3) is 3.04. The van der Waals surface area contributed by atoms with Crippen molar-refractivity contribution in [2.24, 2.45) is 7.05 Å². The SMILES string of the molecule is Cn1cccc(COCc2ccccc2)c1=O. The van der Waals surface area contributed by atoms with Gasteiger partial charge in [0, 0.05) is 18.8 Å². The lowest BCUT2D eigenvalue weighted by Crippen LogP contribution is -2.20. The molecular weight excluding hydrogens is 214 g/mol. The lowest BCUT2D eigenvalue weighted by atomic mass is 10.2. The number of aromatic nitrogens is 1. The van der Waals surface area contributed by atoms with Crippen molar-refractivity contribution in [3.05, 3.63) is 70.1 Å². The molecule has 0 aliphatic rings. The summed E-state index contributed by atoms with van der Waals surface area (Å²) in [6, 6.07) is 13.6. The first kappa shape index (κ1) is 11.6. The van der Waals surface area contributed by atoms with Crippen LogP contribution in [0, 0.1) is 0 Å². The molecule has 0 bridgehead atoms. The monoisotopic (exact) mass is 229 g/mol. The van der Waals surface area contributed by atoms with E-state index in [4.69, 9.17) is 4.74 Å². The van der Waals surface area contributed by atoms with Gasteiger partial charge in [0.25, 0.3) is 5.56 Å². The smallest absolute Gasteiger partial charge is 0.255 e. The molecule has 0 atom stereocenters. The standard InChI is InChI=1S/C14H15NO2/c1-15-9-5-8-13(14(15)16)11-17-10-12-6-3-2-4-7-12/h2-9H,10-11H2,1H3. The predicted molar refractivity (Wildman–Crippen MR) is 66.6 cm³/mol. The first-order valence-electron chi connectivity index (χ1n) is 5.53. The Morgan fingerprint density at radius 2 is 1.82 bits per heavy atom. The second-order valence-corrected chi connectivity index (χ2v) is 3.93. The molecule has 0 aliphatic carbocycles. The van der Waals surface area contributed by atoms with Gasteiger partial charge < -0.3 is 9.30 Å². The molecule has 1 heterocycles. The Morgan fingerprint density at radius 1 is 1.06 bits per heavy atom. The number of pyridine rings is 1. The molecule has 0 amide bonds. The van der Waals surface area contributed by atoms with E-state index in [1.54, 1.807) is 23.9 Å². The third-order valence-corrected chi connectivity index (χ3v) is 2.57. The third-order valence-electron chi connectivity index (χ3n) is 2.57. The van der Waals surface area contributed by atoms with Crippen molar-refractivity contribution in [1.29, 1.82) is 0 Å². The summed E-state index contributed by atoms with van der Waals surface area (Å²) >= 11 is 0. The van der Waals surface area contributed by atoms with Crippen molar-refractivity contribution in [2.45, 2.75) is 13.2 Å². The van der Waals surface area contributed by atoms with Gasteiger partial charge in [-0.15, -0.1) is 0 Å². The highest BCUT2D eigenvalue weighted by Gasteiger charge is 2.00. The molecule has 0 spiro atoms. The number of hydrogen-bond donors (Lipinski definition) is 0. The minimum absolute atomic E-state index is 0.000520. The van der Waals surface area contributed by atoms with Crippen LogP contribution in [0.4, 0.5) is 0 Å². The number of ether oxygens (including phenoxy) is 1. The predicted octanol–water partition coefficient (Wildman–Crippen LogP) is 2.10. The Hall–Kier alpha value is -1.87. The highest BCUT2D eigenvalue weighted by molar-refractivity contribution is 5.14. The Balaban J connectivity index is 1.95. The maximum atomic E-state index is 11.7. The van der Waals surface area contributed by atoms with E-state index in [2.05, 4.69) is 0 Å². The summed E-state index contributed by atoms with van der Waals surface area (Å²) in [5.74, 6) is 0. The summed E-state index contributed by atoms with van der Waals surface area (Å²) in [7, 11) is 1.74. The molecule has 0 radical (unpaired) electrons. The van der Waals surface area contributed by atoms with Crippen LogP contribution in [0.3, 0.4) is 0 Å². The number of hydrogen-bond acceptors (Lipinski definition) is 2. The van der Waals surface area contributed by atoms with Gasteiger partial charge in [-0.1, -0.05) is 30.3 Å². The summed E-state index contributed by atoms with van der Waals surface area (Å²) in [6.45, 7) is 0.876. The van der Waals surface area contributed by atoms with E-state index < -0.39 is 0 Å². The van der Waals surface area contributed by atoms with Gasteiger partial charge in [-0.25, -0.2) is 0 Å². The highest BCUT2D eigenvalue weighted by Crippen LogP contribution is 2.02. The van der Waals surface area contributed by atoms with E-state index in [0.717, 1.165) is 5.56 Å². The Morgan fingerprint density at radius 3 is 2.59 bits per heavy atom. The summed E-state index contributed by atoms with van der Waals surface area (Å²) in [5, 5.41) is 0. The molecule has 0 saturated carbocycles. The van der Waals surface area contributed by atoms with E-state index in [-0.39, 0.29) is 5.56 Å². The molecule has 3 nitrogen and oxygen atoms in total. The average molecular weight is 229 g/mol. The summed E-state index contributed by atoms with van der Waals surface area (Å²) in [6.07, 6.45) is 1.74. The van der Waals surface area contributed by atoms with Gasteiger partial charge >= 0.3 is 0 Å². The quantitative estimate of drug-likeness (QED) is 0.804. The van der Waals surface area contributed by atoms with E-state index in [0.29, 0.717) is 18.8 Å². The number of benzene rings is 1. The van der Waals surface area contributed by atoms with Gasteiger partial charge in [-0.05, 0) is 17.7 Å². The second-order valence-electron chi connectivity index (χ2n) is 3.93. The molecule has 0 saturated heterocycles. The van der Waals surface area contributed by atoms with Crippen LogP contribution in [-0.2, 0) is 25.0 Å². The molecule has 3 heteroatoms. The van der Waals surface area contributed by atoms with Gasteiger partial charge in [0.1, 0.15) is 0 Å². The molecule has 2 aromatic rings. The summed E-state index contributed by atoms with van der Waals surface area (Å²) in [5.41, 5.74) is 1.80. The number of rotatable bonds is 4. The zero-order chi connectivity index (χ0) is 12.1. The van der Waals surface area contributed by atoms with E-state index in [1.807, 2.05) is 36.4 Å². The topological polar surface area (TPSA) is 31.2 Å². The molecule has 88 valence electrons. The number of nitrogens with zero attached hydrogens (tertiary/aromatic N) is 1. The van der Waals surface area contributed by atoms with Gasteiger partial charge in [0.2, 0.25) is 0 Å². The normalized spacial score (nSPS) is 10.4. The summed E-state index contributed by atoms with van der Waals surface area (Å²) < 4.78 is 7.08. The Kier molecular flexibility index (Phi) is 3.73. The van der Waals surface area contributed by atoms with Gasteiger partial charge in [0.15, 0.2) is 0 Å². The first-order valence-corrected chi connectivity index (χ1v) is 5.53. The van der Waals surface area contributed by atoms with Crippen molar-refractivity contribution >= 4 is 0 Å². The lowest BCUT2D eigenvalue weighted by Gasteiger charge is -2.05. The second kappa shape index (κ2) is 5.46. The fraction of sp³-hybridized carbons (Fsp3) is 0.214. The minimum Gasteiger partial charge on any atom is -0.372 e. The van der Waals surface area contributed by atoms with Gasteiger partial charge in [-0.3, -0.25) is 4.79 Å². The van der Waals surface area contributed by atoms with Crippen molar-refractivity contribution in [1.82, 2.24) is 4.57 Å². The van der Waals surface area contributed by atoms with Crippen molar-refractivity contribution in [2.75, 3.05) is 0 Å². The molecule has 17 heavy (non-hydrogen) atoms.